The van der Waals surface area contributed by atoms with Gasteiger partial charge in [0.15, 0.2) is 12.2 Å². The Balaban J connectivity index is 1.29. The number of pyridine rings is 1. The lowest BCUT2D eigenvalue weighted by Crippen LogP contribution is -2.42. The van der Waals surface area contributed by atoms with Gasteiger partial charge in [-0.15, -0.1) is 0 Å². The molecular weight excluding hydrogens is 439 g/mol. The van der Waals surface area contributed by atoms with Gasteiger partial charge in [-0.2, -0.15) is 4.39 Å². The van der Waals surface area contributed by atoms with Crippen molar-refractivity contribution in [3.8, 4) is 5.75 Å². The highest BCUT2D eigenvalue weighted by molar-refractivity contribution is 6.33. The van der Waals surface area contributed by atoms with Crippen molar-refractivity contribution < 1.29 is 23.4 Å². The van der Waals surface area contributed by atoms with E-state index in [0.29, 0.717) is 42.6 Å². The van der Waals surface area contributed by atoms with Crippen molar-refractivity contribution in [3.63, 3.8) is 0 Å². The Labute approximate surface area is 189 Å². The molecule has 0 spiro atoms. The summed E-state index contributed by atoms with van der Waals surface area (Å²) in [4.78, 5) is 21.5. The highest BCUT2D eigenvalue weighted by Crippen LogP contribution is 2.34. The molecule has 0 radical (unpaired) electrons. The summed E-state index contributed by atoms with van der Waals surface area (Å²) >= 11 is 6.56. The van der Waals surface area contributed by atoms with E-state index in [1.54, 1.807) is 6.20 Å². The van der Waals surface area contributed by atoms with Crippen LogP contribution in [0.2, 0.25) is 5.02 Å². The smallest absolute Gasteiger partial charge is 0.251 e. The minimum absolute atomic E-state index is 0.0568. The van der Waals surface area contributed by atoms with Crippen LogP contribution in [0.4, 0.5) is 4.39 Å². The third-order valence-electron chi connectivity index (χ3n) is 5.19. The van der Waals surface area contributed by atoms with Gasteiger partial charge in [-0.05, 0) is 29.7 Å². The highest BCUT2D eigenvalue weighted by Gasteiger charge is 2.23. The van der Waals surface area contributed by atoms with Gasteiger partial charge in [-0.25, -0.2) is 9.97 Å². The summed E-state index contributed by atoms with van der Waals surface area (Å²) in [6.45, 7) is 2.01. The molecule has 1 aliphatic heterocycles. The first-order valence-electron chi connectivity index (χ1n) is 10.1. The van der Waals surface area contributed by atoms with Crippen molar-refractivity contribution >= 4 is 17.5 Å². The maximum absolute atomic E-state index is 13.1. The second kappa shape index (κ2) is 10.1. The van der Waals surface area contributed by atoms with E-state index in [1.165, 1.54) is 18.7 Å². The van der Waals surface area contributed by atoms with Crippen LogP contribution in [0.25, 0.3) is 0 Å². The molecular formula is C22H22ClFN4O4. The van der Waals surface area contributed by atoms with Crippen molar-refractivity contribution in [2.24, 2.45) is 0 Å². The SMILES string of the molecule is O=C(NCC(O)CN1CCc2c(ccc(OCc3cnco3)c2Cl)C1)c1ccnc(F)c1. The van der Waals surface area contributed by atoms with Gasteiger partial charge in [0.2, 0.25) is 5.95 Å². The standard InChI is InChI=1S/C22H22ClFN4O4/c23-21-18-4-6-28(10-15(18)1-2-19(21)31-12-17-9-25-13-32-17)11-16(29)8-27-22(30)14-3-5-26-20(24)7-14/h1-3,5,7,9,13,16,29H,4,6,8,10-12H2,(H,27,30). The Bertz CT molecular complexity index is 1080. The monoisotopic (exact) mass is 460 g/mol. The van der Waals surface area contributed by atoms with Gasteiger partial charge in [0.1, 0.15) is 12.4 Å². The van der Waals surface area contributed by atoms with Crippen molar-refractivity contribution in [1.82, 2.24) is 20.2 Å². The predicted octanol–water partition coefficient (Wildman–Crippen LogP) is 2.59. The van der Waals surface area contributed by atoms with E-state index < -0.39 is 18.0 Å². The Morgan fingerprint density at radius 2 is 2.28 bits per heavy atom. The number of benzene rings is 1. The number of rotatable bonds is 8. The van der Waals surface area contributed by atoms with Crippen LogP contribution in [0.3, 0.4) is 0 Å². The lowest BCUT2D eigenvalue weighted by molar-refractivity contribution is 0.0841. The molecule has 3 heterocycles. The zero-order valence-electron chi connectivity index (χ0n) is 17.1. The summed E-state index contributed by atoms with van der Waals surface area (Å²) in [5.41, 5.74) is 2.25. The van der Waals surface area contributed by atoms with Gasteiger partial charge in [0, 0.05) is 44.0 Å². The normalized spacial score (nSPS) is 14.6. The fraction of sp³-hybridized carbons (Fsp3) is 0.318. The van der Waals surface area contributed by atoms with Crippen molar-refractivity contribution in [2.45, 2.75) is 25.7 Å². The van der Waals surface area contributed by atoms with E-state index in [0.717, 1.165) is 17.2 Å². The van der Waals surface area contributed by atoms with Crippen molar-refractivity contribution in [1.29, 1.82) is 0 Å². The molecule has 0 saturated heterocycles. The first-order valence-corrected chi connectivity index (χ1v) is 10.5. The van der Waals surface area contributed by atoms with Crippen molar-refractivity contribution in [2.75, 3.05) is 19.6 Å². The van der Waals surface area contributed by atoms with Crippen LogP contribution < -0.4 is 10.1 Å². The number of halogens is 2. The third-order valence-corrected chi connectivity index (χ3v) is 5.60. The van der Waals surface area contributed by atoms with Crippen molar-refractivity contribution in [3.05, 3.63) is 76.5 Å². The largest absolute Gasteiger partial charge is 0.484 e. The fourth-order valence-corrected chi connectivity index (χ4v) is 3.93. The maximum Gasteiger partial charge on any atom is 0.251 e. The quantitative estimate of drug-likeness (QED) is 0.498. The molecule has 0 bridgehead atoms. The number of carbonyl (C=O) groups is 1. The lowest BCUT2D eigenvalue weighted by Gasteiger charge is -2.31. The Hall–Kier alpha value is -3.01. The molecule has 0 saturated carbocycles. The maximum atomic E-state index is 13.1. The Kier molecular flexibility index (Phi) is 6.99. The van der Waals surface area contributed by atoms with E-state index in [2.05, 4.69) is 20.2 Å². The molecule has 3 aromatic rings. The van der Waals surface area contributed by atoms with E-state index in [9.17, 15) is 14.3 Å². The van der Waals surface area contributed by atoms with Crippen LogP contribution in [-0.2, 0) is 19.6 Å². The molecule has 4 rings (SSSR count). The van der Waals surface area contributed by atoms with Crippen LogP contribution in [0.5, 0.6) is 5.75 Å². The number of fused-ring (bicyclic) bond motifs is 1. The first kappa shape index (κ1) is 22.2. The zero-order valence-corrected chi connectivity index (χ0v) is 17.9. The van der Waals surface area contributed by atoms with Gasteiger partial charge in [0.05, 0.1) is 17.3 Å². The minimum atomic E-state index is -0.771. The molecule has 8 nitrogen and oxygen atoms in total. The van der Waals surface area contributed by atoms with E-state index in [1.807, 2.05) is 12.1 Å². The minimum Gasteiger partial charge on any atom is -0.484 e. The van der Waals surface area contributed by atoms with Gasteiger partial charge in [-0.3, -0.25) is 9.69 Å². The number of nitrogens with zero attached hydrogens (tertiary/aromatic N) is 3. The predicted molar refractivity (Wildman–Crippen MR) is 114 cm³/mol. The Morgan fingerprint density at radius 3 is 3.06 bits per heavy atom. The molecule has 1 aromatic carbocycles. The molecule has 10 heteroatoms. The molecule has 2 N–H and O–H groups in total. The molecule has 1 amide bonds. The summed E-state index contributed by atoms with van der Waals surface area (Å²) in [5, 5.41) is 13.6. The number of β-amino-alcohol motifs (C(OH)–C–C–N with tert-alkyl or cyclic N) is 1. The number of oxazole rings is 1. The Morgan fingerprint density at radius 1 is 1.41 bits per heavy atom. The number of ether oxygens (including phenoxy) is 1. The lowest BCUT2D eigenvalue weighted by atomic mass is 9.99. The van der Waals surface area contributed by atoms with Gasteiger partial charge < -0.3 is 19.6 Å². The summed E-state index contributed by atoms with van der Waals surface area (Å²) in [5.74, 6) is 0.0139. The fourth-order valence-electron chi connectivity index (χ4n) is 3.60. The number of aliphatic hydroxyl groups is 1. The molecule has 1 unspecified atom stereocenters. The average molecular weight is 461 g/mol. The van der Waals surface area contributed by atoms with Crippen LogP contribution in [0, 0.1) is 5.95 Å². The number of nitrogens with one attached hydrogen (secondary N) is 1. The van der Waals surface area contributed by atoms with Crippen LogP contribution in [0.15, 0.2) is 47.5 Å². The number of amides is 1. The molecule has 1 aliphatic rings. The van der Waals surface area contributed by atoms with E-state index in [-0.39, 0.29) is 18.7 Å². The second-order valence-corrected chi connectivity index (χ2v) is 7.87. The second-order valence-electron chi connectivity index (χ2n) is 7.49. The topological polar surface area (TPSA) is 101 Å². The summed E-state index contributed by atoms with van der Waals surface area (Å²) in [6, 6.07) is 6.26. The average Bonchev–Trinajstić information content (AvgIpc) is 3.31. The highest BCUT2D eigenvalue weighted by atomic mass is 35.5. The third kappa shape index (κ3) is 5.42. The van der Waals surface area contributed by atoms with Crippen LogP contribution in [-0.4, -0.2) is 51.6 Å². The molecule has 0 fully saturated rings. The molecule has 2 aromatic heterocycles. The van der Waals surface area contributed by atoms with Crippen LogP contribution >= 0.6 is 11.6 Å². The summed E-state index contributed by atoms with van der Waals surface area (Å²) < 4.78 is 24.1. The number of aromatic nitrogens is 2. The number of carbonyl (C=O) groups excluding carboxylic acids is 1. The molecule has 1 atom stereocenters. The molecule has 32 heavy (non-hydrogen) atoms. The van der Waals surface area contributed by atoms with Gasteiger partial charge in [-0.1, -0.05) is 17.7 Å². The summed E-state index contributed by atoms with van der Waals surface area (Å²) in [7, 11) is 0. The molecule has 168 valence electrons. The number of hydrogen-bond donors (Lipinski definition) is 2. The van der Waals surface area contributed by atoms with E-state index >= 15 is 0 Å². The van der Waals surface area contributed by atoms with E-state index in [4.69, 9.17) is 20.8 Å². The van der Waals surface area contributed by atoms with Gasteiger partial charge >= 0.3 is 0 Å². The van der Waals surface area contributed by atoms with Gasteiger partial charge in [0.25, 0.3) is 5.91 Å². The summed E-state index contributed by atoms with van der Waals surface area (Å²) in [6.07, 6.45) is 4.10. The number of aliphatic hydroxyl groups excluding tert-OH is 1. The molecule has 0 aliphatic carbocycles. The number of hydrogen-bond acceptors (Lipinski definition) is 7. The zero-order chi connectivity index (χ0) is 22.5. The van der Waals surface area contributed by atoms with Crippen LogP contribution in [0.1, 0.15) is 27.2 Å². The first-order chi connectivity index (χ1) is 15.5.